The number of halogens is 2. The van der Waals surface area contributed by atoms with Crippen LogP contribution in [0.15, 0.2) is 24.3 Å². The zero-order valence-electron chi connectivity index (χ0n) is 20.4. The second-order valence-corrected chi connectivity index (χ2v) is 9.03. The Labute approximate surface area is 207 Å². The summed E-state index contributed by atoms with van der Waals surface area (Å²) in [7, 11) is 1.97. The number of carbonyl (C=O) groups is 2. The number of rotatable bonds is 10. The van der Waals surface area contributed by atoms with Crippen LogP contribution in [0.5, 0.6) is 11.5 Å². The molecule has 0 aromatic carbocycles. The predicted octanol–water partition coefficient (Wildman–Crippen LogP) is 1.78. The number of amides is 2. The molecule has 0 aliphatic carbocycles. The Bertz CT molecular complexity index is 1120. The van der Waals surface area contributed by atoms with Crippen molar-refractivity contribution in [1.29, 1.82) is 0 Å². The first-order valence-corrected chi connectivity index (χ1v) is 11.8. The van der Waals surface area contributed by atoms with Gasteiger partial charge < -0.3 is 25.4 Å². The Balaban J connectivity index is 1.58. The molecule has 36 heavy (non-hydrogen) atoms. The third-order valence-electron chi connectivity index (χ3n) is 6.41. The molecule has 2 aliphatic heterocycles. The highest BCUT2D eigenvalue weighted by atomic mass is 19.1. The molecule has 0 spiro atoms. The van der Waals surface area contributed by atoms with Crippen LogP contribution in [0.25, 0.3) is 0 Å². The van der Waals surface area contributed by atoms with Crippen LogP contribution in [-0.2, 0) is 9.59 Å². The average molecular weight is 505 g/mol. The molecule has 2 aliphatic rings. The van der Waals surface area contributed by atoms with Gasteiger partial charge >= 0.3 is 0 Å². The van der Waals surface area contributed by atoms with E-state index in [-0.39, 0.29) is 41.2 Å². The maximum atomic E-state index is 14.2. The smallest absolute Gasteiger partial charge is 0.254 e. The molecule has 12 heteroatoms. The van der Waals surface area contributed by atoms with E-state index in [0.717, 1.165) is 38.1 Å². The zero-order valence-corrected chi connectivity index (χ0v) is 20.4. The minimum absolute atomic E-state index is 0.0989. The number of likely N-dealkylation sites (N-methyl/N-ethyl adjacent to an activating group) is 1. The molecular weight excluding hydrogens is 474 g/mol. The normalized spacial score (nSPS) is 20.9. The van der Waals surface area contributed by atoms with Crippen LogP contribution < -0.4 is 25.4 Å². The van der Waals surface area contributed by atoms with Crippen molar-refractivity contribution in [1.82, 2.24) is 25.5 Å². The number of nitrogens with one attached hydrogen (secondary N) is 3. The Morgan fingerprint density at radius 1 is 1.17 bits per heavy atom. The van der Waals surface area contributed by atoms with Crippen LogP contribution >= 0.6 is 0 Å². The lowest BCUT2D eigenvalue weighted by atomic mass is 10.0. The summed E-state index contributed by atoms with van der Waals surface area (Å²) in [4.78, 5) is 35.0. The first-order valence-electron chi connectivity index (χ1n) is 11.8. The molecule has 0 radical (unpaired) electrons. The Hall–Kier alpha value is -3.38. The third-order valence-corrected chi connectivity index (χ3v) is 6.41. The first kappa shape index (κ1) is 25.7. The number of nitrogens with zero attached hydrogens (tertiary/aromatic N) is 3. The SMILES string of the molecule is CC(=O)NC(C(=O)Nc1nc(F)ccc1OC[C@H]1CCN1C)c1nc(F)ccc1OC(C)[C@@H]1CCN1. The topological polar surface area (TPSA) is 118 Å². The van der Waals surface area contributed by atoms with E-state index in [9.17, 15) is 18.4 Å². The van der Waals surface area contributed by atoms with Crippen molar-refractivity contribution in [3.63, 3.8) is 0 Å². The van der Waals surface area contributed by atoms with Crippen LogP contribution in [0.4, 0.5) is 14.6 Å². The Morgan fingerprint density at radius 2 is 1.86 bits per heavy atom. The van der Waals surface area contributed by atoms with Crippen molar-refractivity contribution in [3.05, 3.63) is 41.9 Å². The molecule has 3 N–H and O–H groups in total. The predicted molar refractivity (Wildman–Crippen MR) is 127 cm³/mol. The van der Waals surface area contributed by atoms with Crippen molar-refractivity contribution < 1.29 is 27.8 Å². The van der Waals surface area contributed by atoms with Crippen molar-refractivity contribution in [2.75, 3.05) is 32.1 Å². The van der Waals surface area contributed by atoms with E-state index in [4.69, 9.17) is 9.47 Å². The van der Waals surface area contributed by atoms with Gasteiger partial charge in [0.25, 0.3) is 5.91 Å². The van der Waals surface area contributed by atoms with E-state index in [1.165, 1.54) is 19.1 Å². The van der Waals surface area contributed by atoms with Gasteiger partial charge in [-0.2, -0.15) is 13.8 Å². The number of likely N-dealkylation sites (tertiary alicyclic amines) is 1. The van der Waals surface area contributed by atoms with Gasteiger partial charge in [0.1, 0.15) is 24.2 Å². The fraction of sp³-hybridized carbons (Fsp3) is 0.500. The van der Waals surface area contributed by atoms with Crippen molar-refractivity contribution in [2.45, 2.75) is 50.9 Å². The number of hydrogen-bond acceptors (Lipinski definition) is 8. The van der Waals surface area contributed by atoms with Crippen molar-refractivity contribution >= 4 is 17.6 Å². The van der Waals surface area contributed by atoms with Gasteiger partial charge in [-0.15, -0.1) is 0 Å². The molecule has 2 aromatic heterocycles. The largest absolute Gasteiger partial charge is 0.488 e. The van der Waals surface area contributed by atoms with Crippen LogP contribution in [-0.4, -0.2) is 71.6 Å². The van der Waals surface area contributed by atoms with E-state index < -0.39 is 29.8 Å². The van der Waals surface area contributed by atoms with Gasteiger partial charge in [0, 0.05) is 19.0 Å². The van der Waals surface area contributed by atoms with Gasteiger partial charge in [-0.3, -0.25) is 14.5 Å². The summed E-state index contributed by atoms with van der Waals surface area (Å²) >= 11 is 0. The molecule has 194 valence electrons. The lowest BCUT2D eigenvalue weighted by Crippen LogP contribution is -2.51. The molecule has 0 saturated carbocycles. The van der Waals surface area contributed by atoms with E-state index in [1.54, 1.807) is 0 Å². The molecule has 2 aromatic rings. The summed E-state index contributed by atoms with van der Waals surface area (Å²) in [5.74, 6) is -2.91. The van der Waals surface area contributed by atoms with Crippen molar-refractivity contribution in [3.8, 4) is 11.5 Å². The molecule has 10 nitrogen and oxygen atoms in total. The fourth-order valence-electron chi connectivity index (χ4n) is 3.98. The van der Waals surface area contributed by atoms with Crippen LogP contribution in [0.3, 0.4) is 0 Å². The number of anilines is 1. The third kappa shape index (κ3) is 6.05. The minimum atomic E-state index is -1.44. The lowest BCUT2D eigenvalue weighted by molar-refractivity contribution is -0.125. The maximum Gasteiger partial charge on any atom is 0.254 e. The Kier molecular flexibility index (Phi) is 7.94. The molecule has 4 heterocycles. The highest BCUT2D eigenvalue weighted by molar-refractivity contribution is 5.98. The van der Waals surface area contributed by atoms with Gasteiger partial charge in [-0.25, -0.2) is 4.98 Å². The minimum Gasteiger partial charge on any atom is -0.488 e. The highest BCUT2D eigenvalue weighted by Crippen LogP contribution is 2.29. The lowest BCUT2D eigenvalue weighted by Gasteiger charge is -2.37. The number of pyridine rings is 2. The van der Waals surface area contributed by atoms with E-state index >= 15 is 0 Å². The summed E-state index contributed by atoms with van der Waals surface area (Å²) < 4.78 is 39.9. The van der Waals surface area contributed by atoms with E-state index in [2.05, 4.69) is 30.8 Å². The van der Waals surface area contributed by atoms with E-state index in [0.29, 0.717) is 6.61 Å². The van der Waals surface area contributed by atoms with Crippen LogP contribution in [0.1, 0.15) is 38.4 Å². The summed E-state index contributed by atoms with van der Waals surface area (Å²) in [5.41, 5.74) is -0.121. The van der Waals surface area contributed by atoms with Gasteiger partial charge in [0.05, 0.1) is 0 Å². The summed E-state index contributed by atoms with van der Waals surface area (Å²) in [6.45, 7) is 5.21. The number of hydrogen-bond donors (Lipinski definition) is 3. The zero-order chi connectivity index (χ0) is 25.8. The van der Waals surface area contributed by atoms with Gasteiger partial charge in [-0.05, 0) is 64.2 Å². The first-order chi connectivity index (χ1) is 17.2. The fourth-order valence-corrected chi connectivity index (χ4v) is 3.98. The molecule has 4 rings (SSSR count). The molecule has 2 saturated heterocycles. The average Bonchev–Trinajstić information content (AvgIpc) is 2.77. The number of carbonyl (C=O) groups excluding carboxylic acids is 2. The monoisotopic (exact) mass is 504 g/mol. The van der Waals surface area contributed by atoms with Gasteiger partial charge in [0.15, 0.2) is 17.6 Å². The number of ether oxygens (including phenoxy) is 2. The van der Waals surface area contributed by atoms with E-state index in [1.807, 2.05) is 14.0 Å². The molecule has 2 amide bonds. The van der Waals surface area contributed by atoms with Crippen LogP contribution in [0.2, 0.25) is 0 Å². The van der Waals surface area contributed by atoms with Gasteiger partial charge in [-0.1, -0.05) is 0 Å². The Morgan fingerprint density at radius 3 is 2.44 bits per heavy atom. The van der Waals surface area contributed by atoms with Crippen molar-refractivity contribution in [2.24, 2.45) is 0 Å². The summed E-state index contributed by atoms with van der Waals surface area (Å²) in [6.07, 6.45) is 1.58. The van der Waals surface area contributed by atoms with Gasteiger partial charge in [0.2, 0.25) is 17.8 Å². The molecular formula is C24H30F2N6O4. The second kappa shape index (κ2) is 11.1. The quantitative estimate of drug-likeness (QED) is 0.419. The summed E-state index contributed by atoms with van der Waals surface area (Å²) in [5, 5.41) is 8.20. The standard InChI is InChI=1S/C24H30F2N6O4/c1-13(16-8-10-27-16)36-17-4-6-19(25)29-21(17)22(28-14(2)33)24(34)31-23-18(5-7-20(26)30-23)35-12-15-9-11-32(15)3/h4-7,13,15-16,22,27H,8-12H2,1-3H3,(H,28,33)(H,30,31,34)/t13?,15-,16+,22?/m1/s1. The molecule has 4 atom stereocenters. The highest BCUT2D eigenvalue weighted by Gasteiger charge is 2.32. The second-order valence-electron chi connectivity index (χ2n) is 9.03. The van der Waals surface area contributed by atoms with Crippen LogP contribution in [0, 0.1) is 11.9 Å². The molecule has 2 fully saturated rings. The number of aromatic nitrogens is 2. The molecule has 2 unspecified atom stereocenters. The molecule has 0 bridgehead atoms. The summed E-state index contributed by atoms with van der Waals surface area (Å²) in [6, 6.07) is 3.82. The maximum absolute atomic E-state index is 14.2.